The molecule has 0 aliphatic carbocycles. The summed E-state index contributed by atoms with van der Waals surface area (Å²) < 4.78 is 0. The molecule has 7 nitrogen and oxygen atoms in total. The van der Waals surface area contributed by atoms with Gasteiger partial charge < -0.3 is 16.1 Å². The molecule has 0 saturated heterocycles. The molecule has 32 heavy (non-hydrogen) atoms. The summed E-state index contributed by atoms with van der Waals surface area (Å²) >= 11 is 12.1. The molecule has 0 radical (unpaired) electrons. The number of imidazole rings is 1. The van der Waals surface area contributed by atoms with Crippen LogP contribution in [-0.2, 0) is 6.54 Å². The number of aromatic nitrogens is 2. The predicted octanol–water partition coefficient (Wildman–Crippen LogP) is 6.28. The first-order chi connectivity index (χ1) is 15.5. The smallest absolute Gasteiger partial charge is 0.0931 e. The zero-order chi connectivity index (χ0) is 22.5. The van der Waals surface area contributed by atoms with Crippen molar-refractivity contribution in [1.29, 1.82) is 0 Å². The maximum atomic E-state index is 6.12. The zero-order valence-electron chi connectivity index (χ0n) is 17.0. The van der Waals surface area contributed by atoms with Gasteiger partial charge in [0.2, 0.25) is 0 Å². The van der Waals surface area contributed by atoms with E-state index in [2.05, 4.69) is 32.3 Å². The van der Waals surface area contributed by atoms with Gasteiger partial charge in [-0.25, -0.2) is 9.99 Å². The molecule has 1 unspecified atom stereocenters. The van der Waals surface area contributed by atoms with E-state index < -0.39 is 0 Å². The molecule has 0 aliphatic rings. The predicted molar refractivity (Wildman–Crippen MR) is 129 cm³/mol. The van der Waals surface area contributed by atoms with Gasteiger partial charge in [0.05, 0.1) is 35.6 Å². The van der Waals surface area contributed by atoms with Crippen LogP contribution in [0.3, 0.4) is 0 Å². The van der Waals surface area contributed by atoms with Crippen LogP contribution in [0.15, 0.2) is 95.8 Å². The minimum absolute atomic E-state index is 0.332. The number of anilines is 1. The van der Waals surface area contributed by atoms with Crippen LogP contribution >= 0.6 is 23.2 Å². The van der Waals surface area contributed by atoms with E-state index in [4.69, 9.17) is 29.0 Å². The maximum absolute atomic E-state index is 6.12. The van der Waals surface area contributed by atoms with Crippen LogP contribution in [0.1, 0.15) is 17.2 Å². The Kier molecular flexibility index (Phi) is 6.58. The number of hydrogen-bond donors (Lipinski definition) is 3. The molecule has 0 fully saturated rings. The monoisotopic (exact) mass is 465 g/mol. The number of nitrogens with zero attached hydrogens (tertiary/aromatic N) is 4. The molecule has 1 aromatic heterocycles. The highest BCUT2D eigenvalue weighted by Gasteiger charge is 2.21. The molecule has 3 aromatic carbocycles. The van der Waals surface area contributed by atoms with Crippen LogP contribution in [0.4, 0.5) is 5.69 Å². The normalized spacial score (nSPS) is 12.2. The lowest BCUT2D eigenvalue weighted by molar-refractivity contribution is 0.312. The number of H-pyrrole nitrogens is 1. The van der Waals surface area contributed by atoms with Crippen molar-refractivity contribution in [3.63, 3.8) is 0 Å². The molecule has 0 spiro atoms. The van der Waals surface area contributed by atoms with Gasteiger partial charge >= 0.3 is 0 Å². The van der Waals surface area contributed by atoms with Crippen molar-refractivity contribution in [2.75, 3.05) is 5.32 Å². The fourth-order valence-electron chi connectivity index (χ4n) is 3.37. The third-order valence-corrected chi connectivity index (χ3v) is 5.51. The molecule has 0 bridgehead atoms. The fraction of sp³-hybridized carbons (Fsp3) is 0.0870. The van der Waals surface area contributed by atoms with E-state index in [1.807, 2.05) is 66.7 Å². The van der Waals surface area contributed by atoms with Crippen LogP contribution in [0.5, 0.6) is 0 Å². The first kappa shape index (κ1) is 21.7. The van der Waals surface area contributed by atoms with Crippen LogP contribution in [0.2, 0.25) is 10.0 Å². The molecule has 1 heterocycles. The third-order valence-electron chi connectivity index (χ3n) is 5.01. The summed E-state index contributed by atoms with van der Waals surface area (Å²) in [6, 6.07) is 20.6. The summed E-state index contributed by atoms with van der Waals surface area (Å²) in [4.78, 5) is 7.43. The Morgan fingerprint density at radius 3 is 2.44 bits per heavy atom. The molecule has 4 N–H and O–H groups in total. The largest absolute Gasteiger partial charge is 0.373 e. The first-order valence-electron chi connectivity index (χ1n) is 9.80. The van der Waals surface area contributed by atoms with E-state index in [1.165, 1.54) is 0 Å². The molecule has 162 valence electrons. The van der Waals surface area contributed by atoms with Crippen LogP contribution in [0, 0.1) is 0 Å². The van der Waals surface area contributed by atoms with Gasteiger partial charge in [0.1, 0.15) is 0 Å². The van der Waals surface area contributed by atoms with Crippen molar-refractivity contribution < 1.29 is 0 Å². The Hall–Kier alpha value is -3.55. The van der Waals surface area contributed by atoms with E-state index in [1.54, 1.807) is 11.3 Å². The van der Waals surface area contributed by atoms with Crippen LogP contribution in [-0.4, -0.2) is 15.0 Å². The lowest BCUT2D eigenvalue weighted by Crippen LogP contribution is -2.25. The van der Waals surface area contributed by atoms with Gasteiger partial charge in [-0.2, -0.15) is 0 Å². The second-order valence-electron chi connectivity index (χ2n) is 7.14. The summed E-state index contributed by atoms with van der Waals surface area (Å²) in [5.74, 6) is 5.41. The SMILES string of the molecule is C=C(C(Nc1ccc2[nH]cnc2c1)c1ccc(Cl)cc1)N(Cc1ccc(Cl)cc1)/N=N\N. The van der Waals surface area contributed by atoms with Crippen LogP contribution < -0.4 is 11.2 Å². The molecule has 0 amide bonds. The molecular formula is C23H21Cl2N7. The van der Waals surface area contributed by atoms with E-state index in [0.717, 1.165) is 27.8 Å². The number of hydrogen-bond acceptors (Lipinski definition) is 4. The first-order valence-corrected chi connectivity index (χ1v) is 10.6. The minimum atomic E-state index is -0.332. The van der Waals surface area contributed by atoms with Gasteiger partial charge in [0.25, 0.3) is 0 Å². The minimum Gasteiger partial charge on any atom is -0.373 e. The fourth-order valence-corrected chi connectivity index (χ4v) is 3.62. The highest BCUT2D eigenvalue weighted by atomic mass is 35.5. The number of rotatable bonds is 8. The summed E-state index contributed by atoms with van der Waals surface area (Å²) in [5.41, 5.74) is 5.28. The molecule has 0 aliphatic heterocycles. The summed E-state index contributed by atoms with van der Waals surface area (Å²) in [6.07, 6.45) is 1.67. The standard InChI is InChI=1S/C23H21Cl2N7/c1-15(32(31-30-26)13-16-2-6-18(24)7-3-16)23(17-4-8-19(25)9-5-17)29-20-10-11-21-22(12-20)28-14-27-21/h2-12,14,23,29H,1,13H2,(H2,26,31)(H,27,28). The highest BCUT2D eigenvalue weighted by molar-refractivity contribution is 6.30. The van der Waals surface area contributed by atoms with Crippen molar-refractivity contribution in [3.8, 4) is 0 Å². The number of aromatic amines is 1. The average Bonchev–Trinajstić information content (AvgIpc) is 3.27. The Labute approximate surface area is 195 Å². The zero-order valence-corrected chi connectivity index (χ0v) is 18.6. The van der Waals surface area contributed by atoms with Crippen molar-refractivity contribution in [2.45, 2.75) is 12.6 Å². The Morgan fingerprint density at radius 1 is 1.06 bits per heavy atom. The van der Waals surface area contributed by atoms with Crippen LogP contribution in [0.25, 0.3) is 11.0 Å². The van der Waals surface area contributed by atoms with Gasteiger partial charge in [-0.05, 0) is 58.8 Å². The Morgan fingerprint density at radius 2 is 1.75 bits per heavy atom. The van der Waals surface area contributed by atoms with Gasteiger partial charge in [-0.3, -0.25) is 0 Å². The third kappa shape index (κ3) is 5.01. The van der Waals surface area contributed by atoms with Gasteiger partial charge in [0.15, 0.2) is 0 Å². The number of benzene rings is 3. The van der Waals surface area contributed by atoms with Gasteiger partial charge in [-0.1, -0.05) is 59.3 Å². The quantitative estimate of drug-likeness (QED) is 0.162. The summed E-state index contributed by atoms with van der Waals surface area (Å²) in [5, 5.41) is 14.1. The topological polar surface area (TPSA) is 94.7 Å². The molecule has 4 aromatic rings. The second-order valence-corrected chi connectivity index (χ2v) is 8.02. The number of fused-ring (bicyclic) bond motifs is 1. The average molecular weight is 466 g/mol. The number of halogens is 2. The van der Waals surface area contributed by atoms with Gasteiger partial charge in [-0.15, -0.1) is 0 Å². The lowest BCUT2D eigenvalue weighted by Gasteiger charge is -2.29. The van der Waals surface area contributed by atoms with E-state index in [-0.39, 0.29) is 6.04 Å². The van der Waals surface area contributed by atoms with Crippen molar-refractivity contribution in [3.05, 3.63) is 107 Å². The Balaban J connectivity index is 1.66. The summed E-state index contributed by atoms with van der Waals surface area (Å²) in [7, 11) is 0. The lowest BCUT2D eigenvalue weighted by atomic mass is 10.0. The molecule has 0 saturated carbocycles. The summed E-state index contributed by atoms with van der Waals surface area (Å²) in [6.45, 7) is 4.73. The molecule has 1 atom stereocenters. The molecular weight excluding hydrogens is 445 g/mol. The maximum Gasteiger partial charge on any atom is 0.0931 e. The molecule has 4 rings (SSSR count). The van der Waals surface area contributed by atoms with E-state index in [0.29, 0.717) is 22.3 Å². The Bertz CT molecular complexity index is 1230. The van der Waals surface area contributed by atoms with E-state index in [9.17, 15) is 0 Å². The van der Waals surface area contributed by atoms with Crippen molar-refractivity contribution >= 4 is 39.9 Å². The van der Waals surface area contributed by atoms with Crippen molar-refractivity contribution in [2.24, 2.45) is 16.3 Å². The number of nitrogens with two attached hydrogens (primary N) is 1. The van der Waals surface area contributed by atoms with Crippen molar-refractivity contribution in [1.82, 2.24) is 15.0 Å². The number of nitrogens with one attached hydrogen (secondary N) is 2. The van der Waals surface area contributed by atoms with E-state index >= 15 is 0 Å². The second kappa shape index (κ2) is 9.72. The highest BCUT2D eigenvalue weighted by Crippen LogP contribution is 2.31. The molecule has 9 heteroatoms. The van der Waals surface area contributed by atoms with Gasteiger partial charge in [0, 0.05) is 15.7 Å².